The van der Waals surface area contributed by atoms with Crippen molar-refractivity contribution in [1.82, 2.24) is 5.32 Å². The quantitative estimate of drug-likeness (QED) is 0.726. The Labute approximate surface area is 108 Å². The van der Waals surface area contributed by atoms with E-state index < -0.39 is 0 Å². The van der Waals surface area contributed by atoms with Crippen molar-refractivity contribution in [3.8, 4) is 0 Å². The predicted molar refractivity (Wildman–Crippen MR) is 67.0 cm³/mol. The molecule has 0 spiro atoms. The zero-order valence-electron chi connectivity index (χ0n) is 11.2. The van der Waals surface area contributed by atoms with Crippen LogP contribution in [0.25, 0.3) is 0 Å². The third kappa shape index (κ3) is 5.04. The second kappa shape index (κ2) is 8.08. The van der Waals surface area contributed by atoms with Crippen molar-refractivity contribution in [3.05, 3.63) is 0 Å². The average molecular weight is 257 g/mol. The van der Waals surface area contributed by atoms with E-state index in [1.165, 1.54) is 7.11 Å². The highest BCUT2D eigenvalue weighted by molar-refractivity contribution is 5.72. The fourth-order valence-corrected chi connectivity index (χ4v) is 2.33. The number of rotatable bonds is 6. The third-order valence-corrected chi connectivity index (χ3v) is 3.28. The standard InChI is InChI=1S/C13H23NO4/c1-3-18-13(16)10-5-4-6-11(9-10)14-8-7-12(15)17-2/h10-11,14H,3-9H2,1-2H3. The molecule has 0 aliphatic heterocycles. The monoisotopic (exact) mass is 257 g/mol. The molecule has 0 aromatic rings. The van der Waals surface area contributed by atoms with Gasteiger partial charge in [-0.1, -0.05) is 6.42 Å². The summed E-state index contributed by atoms with van der Waals surface area (Å²) in [7, 11) is 1.39. The Kier molecular flexibility index (Phi) is 6.72. The van der Waals surface area contributed by atoms with Crippen molar-refractivity contribution in [2.24, 2.45) is 5.92 Å². The summed E-state index contributed by atoms with van der Waals surface area (Å²) >= 11 is 0. The SMILES string of the molecule is CCOC(=O)C1CCCC(NCCC(=O)OC)C1. The first kappa shape index (κ1) is 15.0. The number of hydrogen-bond acceptors (Lipinski definition) is 5. The van der Waals surface area contributed by atoms with E-state index in [1.54, 1.807) is 0 Å². The number of carbonyl (C=O) groups excluding carboxylic acids is 2. The molecule has 1 N–H and O–H groups in total. The molecule has 0 aromatic heterocycles. The summed E-state index contributed by atoms with van der Waals surface area (Å²) < 4.78 is 9.63. The lowest BCUT2D eigenvalue weighted by molar-refractivity contribution is -0.149. The van der Waals surface area contributed by atoms with E-state index in [9.17, 15) is 9.59 Å². The van der Waals surface area contributed by atoms with E-state index in [-0.39, 0.29) is 17.9 Å². The normalized spacial score (nSPS) is 23.4. The fourth-order valence-electron chi connectivity index (χ4n) is 2.33. The maximum atomic E-state index is 11.6. The molecular formula is C13H23NO4. The molecule has 2 unspecified atom stereocenters. The molecular weight excluding hydrogens is 234 g/mol. The lowest BCUT2D eigenvalue weighted by Gasteiger charge is -2.28. The van der Waals surface area contributed by atoms with Crippen LogP contribution in [0.4, 0.5) is 0 Å². The summed E-state index contributed by atoms with van der Waals surface area (Å²) in [6, 6.07) is 0.304. The van der Waals surface area contributed by atoms with Gasteiger partial charge in [0, 0.05) is 12.6 Å². The molecule has 1 rings (SSSR count). The van der Waals surface area contributed by atoms with Gasteiger partial charge in [-0.2, -0.15) is 0 Å². The van der Waals surface area contributed by atoms with Gasteiger partial charge in [0.25, 0.3) is 0 Å². The van der Waals surface area contributed by atoms with Crippen molar-refractivity contribution < 1.29 is 19.1 Å². The van der Waals surface area contributed by atoms with Crippen LogP contribution in [0.2, 0.25) is 0 Å². The van der Waals surface area contributed by atoms with E-state index in [0.29, 0.717) is 25.6 Å². The van der Waals surface area contributed by atoms with Crippen LogP contribution in [0.5, 0.6) is 0 Å². The Morgan fingerprint density at radius 2 is 2.11 bits per heavy atom. The van der Waals surface area contributed by atoms with E-state index in [1.807, 2.05) is 6.92 Å². The van der Waals surface area contributed by atoms with E-state index >= 15 is 0 Å². The highest BCUT2D eigenvalue weighted by atomic mass is 16.5. The molecule has 0 bridgehead atoms. The lowest BCUT2D eigenvalue weighted by atomic mass is 9.85. The number of hydrogen-bond donors (Lipinski definition) is 1. The summed E-state index contributed by atoms with van der Waals surface area (Å²) in [6.45, 7) is 2.87. The van der Waals surface area contributed by atoms with Gasteiger partial charge in [0.15, 0.2) is 0 Å². The minimum absolute atomic E-state index is 0.00864. The van der Waals surface area contributed by atoms with Gasteiger partial charge < -0.3 is 14.8 Å². The Morgan fingerprint density at radius 1 is 1.33 bits per heavy atom. The molecule has 1 fully saturated rings. The van der Waals surface area contributed by atoms with Crippen molar-refractivity contribution in [2.45, 2.75) is 45.1 Å². The first-order valence-corrected chi connectivity index (χ1v) is 6.64. The van der Waals surface area contributed by atoms with Gasteiger partial charge >= 0.3 is 11.9 Å². The molecule has 18 heavy (non-hydrogen) atoms. The van der Waals surface area contributed by atoms with Gasteiger partial charge in [-0.15, -0.1) is 0 Å². The summed E-state index contributed by atoms with van der Waals surface area (Å²) in [4.78, 5) is 22.6. The third-order valence-electron chi connectivity index (χ3n) is 3.28. The summed E-state index contributed by atoms with van der Waals surface area (Å²) in [6.07, 6.45) is 4.17. The molecule has 0 aromatic carbocycles. The van der Waals surface area contributed by atoms with Crippen molar-refractivity contribution in [1.29, 1.82) is 0 Å². The molecule has 2 atom stereocenters. The number of esters is 2. The molecule has 5 nitrogen and oxygen atoms in total. The minimum Gasteiger partial charge on any atom is -0.469 e. The molecule has 104 valence electrons. The summed E-state index contributed by atoms with van der Waals surface area (Å²) in [5.41, 5.74) is 0. The molecule has 1 aliphatic carbocycles. The topological polar surface area (TPSA) is 64.6 Å². The highest BCUT2D eigenvalue weighted by Crippen LogP contribution is 2.25. The Hall–Kier alpha value is -1.10. The maximum Gasteiger partial charge on any atom is 0.308 e. The van der Waals surface area contributed by atoms with Gasteiger partial charge in [0.2, 0.25) is 0 Å². The molecule has 0 heterocycles. The van der Waals surface area contributed by atoms with Crippen LogP contribution in [0, 0.1) is 5.92 Å². The first-order chi connectivity index (χ1) is 8.67. The van der Waals surface area contributed by atoms with Crippen molar-refractivity contribution in [3.63, 3.8) is 0 Å². The fraction of sp³-hybridized carbons (Fsp3) is 0.846. The number of ether oxygens (including phenoxy) is 2. The van der Waals surface area contributed by atoms with Crippen molar-refractivity contribution in [2.75, 3.05) is 20.3 Å². The molecule has 0 saturated heterocycles. The lowest BCUT2D eigenvalue weighted by Crippen LogP contribution is -2.38. The predicted octanol–water partition coefficient (Wildman–Crippen LogP) is 1.26. The van der Waals surface area contributed by atoms with Gasteiger partial charge in [0.1, 0.15) is 0 Å². The van der Waals surface area contributed by atoms with E-state index in [4.69, 9.17) is 4.74 Å². The first-order valence-electron chi connectivity index (χ1n) is 6.64. The highest BCUT2D eigenvalue weighted by Gasteiger charge is 2.27. The zero-order valence-corrected chi connectivity index (χ0v) is 11.2. The zero-order chi connectivity index (χ0) is 13.4. The second-order valence-electron chi connectivity index (χ2n) is 4.59. The maximum absolute atomic E-state index is 11.6. The van der Waals surface area contributed by atoms with Crippen LogP contribution in [0.15, 0.2) is 0 Å². The van der Waals surface area contributed by atoms with Crippen LogP contribution in [-0.2, 0) is 19.1 Å². The van der Waals surface area contributed by atoms with Crippen LogP contribution >= 0.6 is 0 Å². The van der Waals surface area contributed by atoms with Crippen LogP contribution in [0.3, 0.4) is 0 Å². The van der Waals surface area contributed by atoms with E-state index in [0.717, 1.165) is 25.7 Å². The molecule has 1 saturated carbocycles. The second-order valence-corrected chi connectivity index (χ2v) is 4.59. The number of methoxy groups -OCH3 is 1. The van der Waals surface area contributed by atoms with Crippen molar-refractivity contribution >= 4 is 11.9 Å². The van der Waals surface area contributed by atoms with Crippen LogP contribution in [0.1, 0.15) is 39.0 Å². The smallest absolute Gasteiger partial charge is 0.308 e. The molecule has 0 amide bonds. The Morgan fingerprint density at radius 3 is 2.78 bits per heavy atom. The largest absolute Gasteiger partial charge is 0.469 e. The van der Waals surface area contributed by atoms with E-state index in [2.05, 4.69) is 10.1 Å². The molecule has 1 aliphatic rings. The van der Waals surface area contributed by atoms with Gasteiger partial charge in [-0.25, -0.2) is 0 Å². The van der Waals surface area contributed by atoms with Gasteiger partial charge in [-0.05, 0) is 26.2 Å². The molecule has 0 radical (unpaired) electrons. The van der Waals surface area contributed by atoms with Gasteiger partial charge in [-0.3, -0.25) is 9.59 Å². The Bertz CT molecular complexity index is 280. The average Bonchev–Trinajstić information content (AvgIpc) is 2.39. The number of nitrogens with one attached hydrogen (secondary N) is 1. The Balaban J connectivity index is 2.26. The molecule has 5 heteroatoms. The summed E-state index contributed by atoms with van der Waals surface area (Å²) in [5.74, 6) is -0.286. The number of carbonyl (C=O) groups is 2. The van der Waals surface area contributed by atoms with Crippen LogP contribution < -0.4 is 5.32 Å². The van der Waals surface area contributed by atoms with Crippen LogP contribution in [-0.4, -0.2) is 38.2 Å². The van der Waals surface area contributed by atoms with Gasteiger partial charge in [0.05, 0.1) is 26.1 Å². The minimum atomic E-state index is -0.208. The summed E-state index contributed by atoms with van der Waals surface area (Å²) in [5, 5.41) is 3.31.